The number of nitrogens with zero attached hydrogens (tertiary/aromatic N) is 9. The zero-order valence-electron chi connectivity index (χ0n) is 75.0. The van der Waals surface area contributed by atoms with E-state index in [1.165, 1.54) is 13.8 Å². The Morgan fingerprint density at radius 3 is 0.855 bits per heavy atom. The van der Waals surface area contributed by atoms with Crippen LogP contribution in [0.25, 0.3) is 102 Å². The number of H-pyrrole nitrogens is 3. The number of nitrogens with one attached hydrogen (secondary N) is 7. The fourth-order valence-corrected chi connectivity index (χ4v) is 16.4. The molecule has 29 heteroatoms. The average Bonchev–Trinajstić information content (AvgIpc) is 1.60. The predicted molar refractivity (Wildman–Crippen MR) is 510 cm³/mol. The second-order valence-electron chi connectivity index (χ2n) is 31.2. The first-order valence-corrected chi connectivity index (χ1v) is 45.3. The Morgan fingerprint density at radius 1 is 0.331 bits per heavy atom. The summed E-state index contributed by atoms with van der Waals surface area (Å²) < 4.78 is 55.8. The van der Waals surface area contributed by atoms with Gasteiger partial charge in [0.15, 0.2) is 0 Å². The third kappa shape index (κ3) is 21.5. The molecule has 0 saturated heterocycles. The molecule has 656 valence electrons. The molecule has 0 bridgehead atoms. The lowest BCUT2D eigenvalue weighted by Crippen LogP contribution is -2.22. The van der Waals surface area contributed by atoms with Crippen LogP contribution in [0.4, 0.5) is 56.9 Å². The third-order valence-corrected chi connectivity index (χ3v) is 22.9. The van der Waals surface area contributed by atoms with Crippen molar-refractivity contribution in [2.45, 2.75) is 111 Å². The number of aromatic hydroxyl groups is 5. The number of carbonyl (C=O) groups excluding carboxylic acids is 2. The Bertz CT molecular complexity index is 5810. The molecule has 0 unspecified atom stereocenters. The summed E-state index contributed by atoms with van der Waals surface area (Å²) in [6.07, 6.45) is 2.20. The number of aryl methyl sites for hydroxylation is 6. The van der Waals surface area contributed by atoms with Crippen molar-refractivity contribution in [1.82, 2.24) is 29.9 Å². The maximum Gasteiger partial charge on any atom is 0.229 e. The van der Waals surface area contributed by atoms with Crippen molar-refractivity contribution in [3.8, 4) is 130 Å². The van der Waals surface area contributed by atoms with Crippen LogP contribution in [0.5, 0.6) is 28.7 Å². The molecule has 0 spiro atoms. The lowest BCUT2D eigenvalue weighted by molar-refractivity contribution is -0.115. The van der Waals surface area contributed by atoms with E-state index >= 15 is 0 Å². The summed E-state index contributed by atoms with van der Waals surface area (Å²) in [5, 5.41) is 59.3. The summed E-state index contributed by atoms with van der Waals surface area (Å²) in [6, 6.07) is 45.1. The van der Waals surface area contributed by atoms with Crippen LogP contribution in [-0.2, 0) is 29.6 Å². The highest BCUT2D eigenvalue weighted by Gasteiger charge is 2.29. The number of carbonyl (C=O) groups is 2. The Balaban J connectivity index is 0.000000195. The van der Waals surface area contributed by atoms with E-state index in [4.69, 9.17) is 15.0 Å². The fraction of sp³-hybridized carbons (Fsp3) is 0.316. The Morgan fingerprint density at radius 2 is 0.565 bits per heavy atom. The highest BCUT2D eigenvalue weighted by molar-refractivity contribution is 7.92. The van der Waals surface area contributed by atoms with Crippen LogP contribution >= 0.6 is 0 Å². The highest BCUT2D eigenvalue weighted by atomic mass is 32.2. The molecule has 0 saturated carbocycles. The molecule has 0 radical (unpaired) electrons. The Hall–Kier alpha value is -13.2. The molecule has 12 rings (SSSR count). The molecule has 0 aliphatic carbocycles. The van der Waals surface area contributed by atoms with Crippen LogP contribution in [-0.4, -0.2) is 177 Å². The van der Waals surface area contributed by atoms with Crippen LogP contribution in [0.15, 0.2) is 146 Å². The highest BCUT2D eigenvalue weighted by Crippen LogP contribution is 2.48. The predicted octanol–water partition coefficient (Wildman–Crippen LogP) is 18.8. The number of hydrogen-bond acceptors (Lipinski definition) is 20. The quantitative estimate of drug-likeness (QED) is 0.0207. The van der Waals surface area contributed by atoms with Gasteiger partial charge in [-0.25, -0.2) is 31.8 Å². The number of rotatable bonds is 29. The van der Waals surface area contributed by atoms with Gasteiger partial charge in [0.05, 0.1) is 63.7 Å². The lowest BCUT2D eigenvalue weighted by Gasteiger charge is -2.23. The molecule has 27 nitrogen and oxygen atoms in total. The van der Waals surface area contributed by atoms with E-state index in [0.717, 1.165) is 144 Å². The summed E-state index contributed by atoms with van der Waals surface area (Å²) in [4.78, 5) is 62.2. The molecule has 3 heterocycles. The van der Waals surface area contributed by atoms with Crippen LogP contribution in [0.1, 0.15) is 103 Å². The van der Waals surface area contributed by atoms with E-state index in [0.29, 0.717) is 113 Å². The van der Waals surface area contributed by atoms with Gasteiger partial charge in [0.25, 0.3) is 0 Å². The van der Waals surface area contributed by atoms with Crippen molar-refractivity contribution in [3.63, 3.8) is 0 Å². The van der Waals surface area contributed by atoms with Gasteiger partial charge in [-0.05, 0) is 264 Å². The monoisotopic (exact) mass is 1720 g/mol. The number of phenols is 5. The van der Waals surface area contributed by atoms with Crippen LogP contribution in [0.2, 0.25) is 0 Å². The molecule has 0 fully saturated rings. The van der Waals surface area contributed by atoms with Crippen molar-refractivity contribution in [2.75, 3.05) is 143 Å². The van der Waals surface area contributed by atoms with Crippen molar-refractivity contribution < 1.29 is 52.0 Å². The smallest absolute Gasteiger partial charge is 0.229 e. The van der Waals surface area contributed by atoms with Crippen molar-refractivity contribution in [2.24, 2.45) is 0 Å². The number of amides is 2. The van der Waals surface area contributed by atoms with Crippen LogP contribution in [0.3, 0.4) is 0 Å². The number of hydrogen-bond donors (Lipinski definition) is 12. The molecule has 0 atom stereocenters. The number of aromatic amines is 3. The van der Waals surface area contributed by atoms with Crippen molar-refractivity contribution in [1.29, 1.82) is 0 Å². The van der Waals surface area contributed by atoms with Gasteiger partial charge in [0.2, 0.25) is 31.9 Å². The van der Waals surface area contributed by atoms with Gasteiger partial charge in [-0.3, -0.25) is 19.0 Å². The van der Waals surface area contributed by atoms with E-state index in [1.54, 1.807) is 38.1 Å². The number of imidazole rings is 3. The van der Waals surface area contributed by atoms with E-state index in [-0.39, 0.29) is 40.6 Å². The number of phenolic OH excluding ortho intramolecular Hbond substituents is 5. The van der Waals surface area contributed by atoms with Gasteiger partial charge in [0, 0.05) is 191 Å². The molecule has 0 aliphatic rings. The number of benzene rings is 9. The largest absolute Gasteiger partial charge is 0.507 e. The van der Waals surface area contributed by atoms with E-state index in [1.807, 2.05) is 215 Å². The standard InChI is InChI=1S/C33H44N6O5S2.C31H36N6O3.C31H38N4O3/c1-9-38(10-2)24-13-15-26(28(19-24)36-45(7,41)42)30-31(35-33(34-30)23-17-21(5)32(40)22(6)18-23)27-16-14-25(39(11-3)12-4)20-29(27)37-46(8,43)44;1-17-13-21(14-18(2)30(17)40)31-34-28(24-11-9-22(36(5)6)15-26(24)32-19(3)38)29(35-31)25-12-10-23(37(7)8)16-27(25)33-20(4)39;1-7-34(8-2)22-11-13-24(26(36)17-22)28-29(25-14-12-23(18-27(25)37)35(9-3)10-4)33-31(32-28)21-15-19(5)30(38)20(6)16-21/h13-20,36-37,40H,9-12H2,1-8H3,(H,34,35);9-16,40H,1-8H3,(H,32,38)(H,33,39)(H,34,35);11-18,36-38H,7-10H2,1-6H3,(H,32,33). The van der Waals surface area contributed by atoms with Gasteiger partial charge in [-0.15, -0.1) is 0 Å². The maximum absolute atomic E-state index is 12.6. The third-order valence-electron chi connectivity index (χ3n) is 21.7. The number of aromatic nitrogens is 6. The minimum atomic E-state index is -3.69. The summed E-state index contributed by atoms with van der Waals surface area (Å²) in [6.45, 7) is 36.6. The van der Waals surface area contributed by atoms with E-state index in [9.17, 15) is 52.0 Å². The van der Waals surface area contributed by atoms with Crippen LogP contribution < -0.4 is 49.5 Å². The molecule has 12 N–H and O–H groups in total. The van der Waals surface area contributed by atoms with Gasteiger partial charge in [-0.2, -0.15) is 0 Å². The fourth-order valence-electron chi connectivity index (χ4n) is 15.3. The molecule has 124 heavy (non-hydrogen) atoms. The zero-order valence-corrected chi connectivity index (χ0v) is 76.7. The van der Waals surface area contributed by atoms with Gasteiger partial charge in [-0.1, -0.05) is 0 Å². The van der Waals surface area contributed by atoms with E-state index in [2.05, 4.69) is 82.3 Å². The number of sulfonamides is 2. The topological polar surface area (TPSA) is 357 Å². The molecular formula is C95H118N16O11S2. The molecule has 12 aromatic rings. The molecular weight excluding hydrogens is 1610 g/mol. The summed E-state index contributed by atoms with van der Waals surface area (Å²) in [5.41, 5.74) is 20.9. The average molecular weight is 1720 g/mol. The summed E-state index contributed by atoms with van der Waals surface area (Å²) >= 11 is 0. The van der Waals surface area contributed by atoms with Crippen LogP contribution in [0, 0.1) is 41.5 Å². The SMILES string of the molecule is CC(=O)Nc1cc(N(C)C)ccc1-c1nc(-c2cc(C)c(O)c(C)c2)[nH]c1-c1ccc(N(C)C)cc1NC(C)=O.CCN(CC)c1ccc(-c2nc(-c3cc(C)c(O)c(C)c3)[nH]c2-c2ccc(N(CC)CC)cc2NS(C)(=O)=O)c(NS(C)(=O)=O)c1.CCN(CC)c1ccc(-c2nc(-c3cc(C)c(O)c(C)c3)[nH]c2-c2ccc(N(CC)CC)cc2O)c(O)c1. The normalized spacial score (nSPS) is 11.3. The van der Waals surface area contributed by atoms with Gasteiger partial charge >= 0.3 is 0 Å². The molecule has 0 aliphatic heterocycles. The Kier molecular flexibility index (Phi) is 29.6. The molecule has 3 aromatic heterocycles. The second-order valence-corrected chi connectivity index (χ2v) is 34.7. The molecule has 9 aromatic carbocycles. The first-order chi connectivity index (χ1) is 58.6. The zero-order chi connectivity index (χ0) is 90.8. The summed E-state index contributed by atoms with van der Waals surface area (Å²) in [7, 11) is 0.379. The van der Waals surface area contributed by atoms with Gasteiger partial charge in [0.1, 0.15) is 51.9 Å². The molecule has 2 amide bonds. The first-order valence-electron chi connectivity index (χ1n) is 41.5. The second kappa shape index (κ2) is 39.4. The van der Waals surface area contributed by atoms with E-state index < -0.39 is 20.0 Å². The lowest BCUT2D eigenvalue weighted by atomic mass is 10.0. The van der Waals surface area contributed by atoms with Crippen molar-refractivity contribution in [3.05, 3.63) is 179 Å². The minimum Gasteiger partial charge on any atom is -0.507 e. The maximum atomic E-state index is 12.6. The van der Waals surface area contributed by atoms with Crippen molar-refractivity contribution >= 4 is 88.7 Å². The first kappa shape index (κ1) is 93.1. The number of anilines is 10. The Labute approximate surface area is 729 Å². The van der Waals surface area contributed by atoms with Gasteiger partial charge < -0.3 is 80.5 Å². The minimum absolute atomic E-state index is 0.117. The summed E-state index contributed by atoms with van der Waals surface area (Å²) in [5.74, 6) is 2.18.